The monoisotopic (exact) mass is 276 g/mol. The molecule has 2 atom stereocenters. The average molecular weight is 276 g/mol. The highest BCUT2D eigenvalue weighted by Gasteiger charge is 2.21. The molecule has 3 N–H and O–H groups in total. The maximum absolute atomic E-state index is 11.5. The Morgan fingerprint density at radius 3 is 2.89 bits per heavy atom. The number of urea groups is 1. The van der Waals surface area contributed by atoms with Gasteiger partial charge in [-0.2, -0.15) is 11.8 Å². The van der Waals surface area contributed by atoms with Crippen molar-refractivity contribution in [2.45, 2.75) is 18.9 Å². The van der Waals surface area contributed by atoms with E-state index in [1.165, 1.54) is 7.11 Å². The number of methoxy groups -OCH3 is 1. The molecule has 0 aromatic heterocycles. The minimum Gasteiger partial charge on any atom is -0.480 e. The number of aliphatic carboxylic acids is 1. The van der Waals surface area contributed by atoms with Gasteiger partial charge in [0.2, 0.25) is 0 Å². The van der Waals surface area contributed by atoms with Crippen LogP contribution >= 0.6 is 11.8 Å². The van der Waals surface area contributed by atoms with E-state index in [0.29, 0.717) is 19.1 Å². The summed E-state index contributed by atoms with van der Waals surface area (Å²) in [7, 11) is 1.50. The van der Waals surface area contributed by atoms with Crippen LogP contribution in [0, 0.1) is 5.92 Å². The number of carboxylic acids is 1. The molecule has 2 unspecified atom stereocenters. The van der Waals surface area contributed by atoms with E-state index in [4.69, 9.17) is 9.84 Å². The van der Waals surface area contributed by atoms with Crippen molar-refractivity contribution in [2.24, 2.45) is 5.92 Å². The molecule has 18 heavy (non-hydrogen) atoms. The second-order valence-corrected chi connectivity index (χ2v) is 5.41. The Balaban J connectivity index is 2.24. The number of carboxylic acid groups (broad SMARTS) is 1. The predicted molar refractivity (Wildman–Crippen MR) is 69.9 cm³/mol. The van der Waals surface area contributed by atoms with E-state index in [1.54, 1.807) is 0 Å². The largest absolute Gasteiger partial charge is 0.480 e. The van der Waals surface area contributed by atoms with Crippen LogP contribution in [0.5, 0.6) is 0 Å². The van der Waals surface area contributed by atoms with Crippen LogP contribution in [0.3, 0.4) is 0 Å². The molecule has 1 rings (SSSR count). The van der Waals surface area contributed by atoms with Gasteiger partial charge < -0.3 is 20.5 Å². The van der Waals surface area contributed by atoms with Crippen LogP contribution in [0.25, 0.3) is 0 Å². The van der Waals surface area contributed by atoms with Gasteiger partial charge in [-0.05, 0) is 23.8 Å². The lowest BCUT2D eigenvalue weighted by atomic mass is 10.1. The van der Waals surface area contributed by atoms with E-state index in [0.717, 1.165) is 17.9 Å². The van der Waals surface area contributed by atoms with E-state index < -0.39 is 18.0 Å². The molecule has 1 saturated heterocycles. The smallest absolute Gasteiger partial charge is 0.326 e. The molecule has 1 aliphatic rings. The first-order chi connectivity index (χ1) is 8.63. The van der Waals surface area contributed by atoms with Gasteiger partial charge in [0.1, 0.15) is 6.04 Å². The molecule has 0 aromatic rings. The van der Waals surface area contributed by atoms with Gasteiger partial charge in [0, 0.05) is 26.7 Å². The van der Waals surface area contributed by atoms with Crippen molar-refractivity contribution in [2.75, 3.05) is 31.8 Å². The van der Waals surface area contributed by atoms with E-state index in [1.807, 2.05) is 11.8 Å². The SMILES string of the molecule is COCCC(NC(=O)NCC1CCSC1)C(=O)O. The molecule has 1 fully saturated rings. The number of hydrogen-bond acceptors (Lipinski definition) is 4. The van der Waals surface area contributed by atoms with Crippen molar-refractivity contribution in [3.63, 3.8) is 0 Å². The summed E-state index contributed by atoms with van der Waals surface area (Å²) in [5.74, 6) is 1.66. The molecular formula is C11H20N2O4S. The van der Waals surface area contributed by atoms with E-state index in [-0.39, 0.29) is 6.42 Å². The van der Waals surface area contributed by atoms with Gasteiger partial charge in [-0.25, -0.2) is 9.59 Å². The maximum atomic E-state index is 11.5. The first kappa shape index (κ1) is 15.1. The second kappa shape index (κ2) is 8.20. The number of carbonyl (C=O) groups is 2. The first-order valence-corrected chi connectivity index (χ1v) is 7.12. The third-order valence-electron chi connectivity index (χ3n) is 2.79. The molecule has 0 aromatic carbocycles. The quantitative estimate of drug-likeness (QED) is 0.631. The molecule has 0 saturated carbocycles. The highest BCUT2D eigenvalue weighted by molar-refractivity contribution is 7.99. The van der Waals surface area contributed by atoms with Crippen molar-refractivity contribution in [1.29, 1.82) is 0 Å². The summed E-state index contributed by atoms with van der Waals surface area (Å²) in [4.78, 5) is 22.4. The van der Waals surface area contributed by atoms with Crippen molar-refractivity contribution in [3.05, 3.63) is 0 Å². The van der Waals surface area contributed by atoms with Gasteiger partial charge in [0.25, 0.3) is 0 Å². The van der Waals surface area contributed by atoms with Gasteiger partial charge in [-0.3, -0.25) is 0 Å². The van der Waals surface area contributed by atoms with Crippen LogP contribution in [-0.2, 0) is 9.53 Å². The van der Waals surface area contributed by atoms with Crippen molar-refractivity contribution in [1.82, 2.24) is 10.6 Å². The lowest BCUT2D eigenvalue weighted by molar-refractivity contribution is -0.139. The summed E-state index contributed by atoms with van der Waals surface area (Å²) in [6.45, 7) is 0.909. The average Bonchev–Trinajstić information content (AvgIpc) is 2.84. The zero-order valence-corrected chi connectivity index (χ0v) is 11.3. The van der Waals surface area contributed by atoms with Gasteiger partial charge in [0.05, 0.1) is 0 Å². The van der Waals surface area contributed by atoms with E-state index in [9.17, 15) is 9.59 Å². The van der Waals surface area contributed by atoms with Crippen LogP contribution in [0.1, 0.15) is 12.8 Å². The maximum Gasteiger partial charge on any atom is 0.326 e. The molecule has 0 aliphatic carbocycles. The Morgan fingerprint density at radius 2 is 2.33 bits per heavy atom. The fourth-order valence-corrected chi connectivity index (χ4v) is 2.97. The summed E-state index contributed by atoms with van der Waals surface area (Å²) in [6.07, 6.45) is 1.37. The summed E-state index contributed by atoms with van der Waals surface area (Å²) >= 11 is 1.88. The van der Waals surface area contributed by atoms with Gasteiger partial charge in [-0.15, -0.1) is 0 Å². The molecule has 0 bridgehead atoms. The van der Waals surface area contributed by atoms with Gasteiger partial charge in [0.15, 0.2) is 0 Å². The number of thioether (sulfide) groups is 1. The van der Waals surface area contributed by atoms with Gasteiger partial charge >= 0.3 is 12.0 Å². The third kappa shape index (κ3) is 5.59. The predicted octanol–water partition coefficient (Wildman–Crippen LogP) is 0.528. The highest BCUT2D eigenvalue weighted by atomic mass is 32.2. The minimum absolute atomic E-state index is 0.262. The number of nitrogens with one attached hydrogen (secondary N) is 2. The lowest BCUT2D eigenvalue weighted by Crippen LogP contribution is -2.47. The summed E-state index contributed by atoms with van der Waals surface area (Å²) in [6, 6.07) is -1.32. The van der Waals surface area contributed by atoms with Crippen LogP contribution < -0.4 is 10.6 Å². The molecular weight excluding hydrogens is 256 g/mol. The molecule has 0 spiro atoms. The molecule has 6 nitrogen and oxygen atoms in total. The number of hydrogen-bond donors (Lipinski definition) is 3. The minimum atomic E-state index is -1.04. The molecule has 104 valence electrons. The van der Waals surface area contributed by atoms with E-state index in [2.05, 4.69) is 10.6 Å². The number of carbonyl (C=O) groups excluding carboxylic acids is 1. The molecule has 1 heterocycles. The molecule has 1 aliphatic heterocycles. The Morgan fingerprint density at radius 1 is 1.56 bits per heavy atom. The fraction of sp³-hybridized carbons (Fsp3) is 0.818. The zero-order chi connectivity index (χ0) is 13.4. The van der Waals surface area contributed by atoms with Crippen LogP contribution in [0.15, 0.2) is 0 Å². The van der Waals surface area contributed by atoms with Crippen LogP contribution in [0.4, 0.5) is 4.79 Å². The summed E-state index contributed by atoms with van der Waals surface area (Å²) in [5, 5.41) is 14.1. The fourth-order valence-electron chi connectivity index (χ4n) is 1.68. The van der Waals surface area contributed by atoms with E-state index >= 15 is 0 Å². The van der Waals surface area contributed by atoms with Crippen LogP contribution in [-0.4, -0.2) is 54.9 Å². The number of amides is 2. The first-order valence-electron chi connectivity index (χ1n) is 5.97. The normalized spacial score (nSPS) is 20.4. The summed E-state index contributed by atoms with van der Waals surface area (Å²) < 4.78 is 4.81. The topological polar surface area (TPSA) is 87.7 Å². The molecule has 7 heteroatoms. The van der Waals surface area contributed by atoms with Gasteiger partial charge in [-0.1, -0.05) is 0 Å². The Labute approximate surface area is 111 Å². The Kier molecular flexibility index (Phi) is 6.89. The molecule has 2 amide bonds. The lowest BCUT2D eigenvalue weighted by Gasteiger charge is -2.16. The second-order valence-electron chi connectivity index (χ2n) is 4.26. The zero-order valence-electron chi connectivity index (χ0n) is 10.5. The Bertz CT molecular complexity index is 282. The number of rotatable bonds is 7. The molecule has 0 radical (unpaired) electrons. The van der Waals surface area contributed by atoms with Crippen LogP contribution in [0.2, 0.25) is 0 Å². The number of ether oxygens (including phenoxy) is 1. The van der Waals surface area contributed by atoms with Crippen molar-refractivity contribution < 1.29 is 19.4 Å². The summed E-state index contributed by atoms with van der Waals surface area (Å²) in [5.41, 5.74) is 0. The van der Waals surface area contributed by atoms with Crippen molar-refractivity contribution >= 4 is 23.8 Å². The third-order valence-corrected chi connectivity index (χ3v) is 4.02. The van der Waals surface area contributed by atoms with Crippen molar-refractivity contribution in [3.8, 4) is 0 Å². The highest BCUT2D eigenvalue weighted by Crippen LogP contribution is 2.22. The Hall–Kier alpha value is -0.950. The standard InChI is InChI=1S/C11H20N2O4S/c1-17-4-2-9(10(14)15)13-11(16)12-6-8-3-5-18-7-8/h8-9H,2-7H2,1H3,(H,14,15)(H2,12,13,16).